The van der Waals surface area contributed by atoms with Gasteiger partial charge in [-0.3, -0.25) is 0 Å². The highest BCUT2D eigenvalue weighted by Crippen LogP contribution is 2.39. The molecule has 0 amide bonds. The molecule has 0 unspecified atom stereocenters. The lowest BCUT2D eigenvalue weighted by Crippen LogP contribution is -2.18. The van der Waals surface area contributed by atoms with Gasteiger partial charge < -0.3 is 10.3 Å². The quantitative estimate of drug-likeness (QED) is 0.453. The molecule has 1 rings (SSSR count). The summed E-state index contributed by atoms with van der Waals surface area (Å²) in [6.07, 6.45) is 0. The highest BCUT2D eigenvalue weighted by Gasteiger charge is 2.26. The maximum atomic E-state index is 10.5. The maximum absolute atomic E-state index is 10.5. The Hall–Kier alpha value is -1.51. The molecule has 0 atom stereocenters. The van der Waals surface area contributed by atoms with Crippen LogP contribution in [-0.2, 0) is 10.8 Å². The minimum absolute atomic E-state index is 0.171. The number of hydrogen-bond acceptors (Lipinski definition) is 3. The summed E-state index contributed by atoms with van der Waals surface area (Å²) in [5, 5.41) is 22.8. The number of phenols is 1. The third kappa shape index (κ3) is 3.28. The number of phenolic OH excluding ortho intramolecular Hbond substituents is 1. The Labute approximate surface area is 116 Å². The second-order valence-electron chi connectivity index (χ2n) is 7.11. The fraction of sp³-hybridized carbons (Fsp3) is 0.562. The van der Waals surface area contributed by atoms with Gasteiger partial charge in [-0.05, 0) is 35.4 Å². The van der Waals surface area contributed by atoms with Gasteiger partial charge in [-0.25, -0.2) is 0 Å². The number of rotatable bonds is 1. The van der Waals surface area contributed by atoms with Gasteiger partial charge in [0.05, 0.1) is 5.71 Å². The minimum atomic E-state index is -0.171. The molecular weight excluding hydrogens is 238 g/mol. The topological polar surface area (TPSA) is 52.8 Å². The van der Waals surface area contributed by atoms with E-state index in [1.54, 1.807) is 6.92 Å². The third-order valence-corrected chi connectivity index (χ3v) is 3.29. The molecule has 3 nitrogen and oxygen atoms in total. The Kier molecular flexibility index (Phi) is 3.99. The smallest absolute Gasteiger partial charge is 0.123 e. The van der Waals surface area contributed by atoms with Crippen LogP contribution in [0, 0.1) is 0 Å². The van der Waals surface area contributed by atoms with E-state index in [1.807, 2.05) is 12.1 Å². The molecular formula is C16H25NO2. The molecule has 0 fully saturated rings. The molecule has 0 saturated heterocycles. The molecule has 1 aromatic carbocycles. The van der Waals surface area contributed by atoms with Crippen LogP contribution < -0.4 is 0 Å². The molecule has 19 heavy (non-hydrogen) atoms. The van der Waals surface area contributed by atoms with Gasteiger partial charge >= 0.3 is 0 Å². The number of hydrogen-bond donors (Lipinski definition) is 2. The molecule has 0 aliphatic carbocycles. The standard InChI is InChI=1S/C16H25NO2/c1-10(17-19)11-8-12(15(2,3)4)14(18)13(9-11)16(5,6)7/h8-9,18-19H,1-7H3/b17-10-. The Balaban J connectivity index is 3.67. The summed E-state index contributed by atoms with van der Waals surface area (Å²) in [6, 6.07) is 3.80. The minimum Gasteiger partial charge on any atom is -0.507 e. The van der Waals surface area contributed by atoms with E-state index >= 15 is 0 Å². The second-order valence-corrected chi connectivity index (χ2v) is 7.11. The number of oxime groups is 1. The fourth-order valence-electron chi connectivity index (χ4n) is 2.04. The zero-order valence-corrected chi connectivity index (χ0v) is 13.0. The molecule has 106 valence electrons. The SMILES string of the molecule is C/C(=N/O)c1cc(C(C)(C)C)c(O)c(C(C)(C)C)c1. The van der Waals surface area contributed by atoms with Gasteiger partial charge in [0, 0.05) is 11.1 Å². The van der Waals surface area contributed by atoms with Gasteiger partial charge in [-0.15, -0.1) is 0 Å². The predicted octanol–water partition coefficient (Wildman–Crippen LogP) is 4.19. The summed E-state index contributed by atoms with van der Waals surface area (Å²) >= 11 is 0. The van der Waals surface area contributed by atoms with Crippen LogP contribution in [0.3, 0.4) is 0 Å². The van der Waals surface area contributed by atoms with Gasteiger partial charge in [-0.1, -0.05) is 46.7 Å². The molecule has 0 aromatic heterocycles. The molecule has 0 heterocycles. The van der Waals surface area contributed by atoms with Crippen LogP contribution in [-0.4, -0.2) is 16.0 Å². The highest BCUT2D eigenvalue weighted by atomic mass is 16.4. The summed E-state index contributed by atoms with van der Waals surface area (Å²) in [4.78, 5) is 0. The van der Waals surface area contributed by atoms with Crippen LogP contribution >= 0.6 is 0 Å². The van der Waals surface area contributed by atoms with Crippen molar-refractivity contribution in [3.8, 4) is 5.75 Å². The van der Waals surface area contributed by atoms with E-state index in [1.165, 1.54) is 0 Å². The molecule has 0 aliphatic rings. The first-order valence-electron chi connectivity index (χ1n) is 6.55. The Morgan fingerprint density at radius 2 is 1.32 bits per heavy atom. The van der Waals surface area contributed by atoms with Crippen LogP contribution in [0.1, 0.15) is 65.2 Å². The van der Waals surface area contributed by atoms with E-state index in [2.05, 4.69) is 46.7 Å². The molecule has 2 N–H and O–H groups in total. The van der Waals surface area contributed by atoms with Crippen molar-refractivity contribution in [2.24, 2.45) is 5.16 Å². The maximum Gasteiger partial charge on any atom is 0.123 e. The fourth-order valence-corrected chi connectivity index (χ4v) is 2.04. The van der Waals surface area contributed by atoms with Crippen molar-refractivity contribution in [3.63, 3.8) is 0 Å². The predicted molar refractivity (Wildman–Crippen MR) is 79.5 cm³/mol. The molecule has 3 heteroatoms. The first kappa shape index (κ1) is 15.5. The zero-order chi connectivity index (χ0) is 15.0. The Bertz CT molecular complexity index is 467. The van der Waals surface area contributed by atoms with E-state index in [0.717, 1.165) is 16.7 Å². The van der Waals surface area contributed by atoms with Crippen molar-refractivity contribution in [1.82, 2.24) is 0 Å². The average molecular weight is 263 g/mol. The van der Waals surface area contributed by atoms with Gasteiger partial charge in [0.1, 0.15) is 5.75 Å². The van der Waals surface area contributed by atoms with E-state index in [4.69, 9.17) is 5.21 Å². The van der Waals surface area contributed by atoms with Gasteiger partial charge in [0.2, 0.25) is 0 Å². The van der Waals surface area contributed by atoms with Crippen molar-refractivity contribution >= 4 is 5.71 Å². The third-order valence-electron chi connectivity index (χ3n) is 3.29. The van der Waals surface area contributed by atoms with Crippen LogP contribution in [0.15, 0.2) is 17.3 Å². The summed E-state index contributed by atoms with van der Waals surface area (Å²) in [7, 11) is 0. The van der Waals surface area contributed by atoms with Crippen LogP contribution in [0.2, 0.25) is 0 Å². The molecule has 0 spiro atoms. The summed E-state index contributed by atoms with van der Waals surface area (Å²) in [5.74, 6) is 0.342. The highest BCUT2D eigenvalue weighted by molar-refractivity contribution is 5.99. The molecule has 0 saturated carbocycles. The van der Waals surface area contributed by atoms with Crippen LogP contribution in [0.25, 0.3) is 0 Å². The number of aromatic hydroxyl groups is 1. The molecule has 1 aromatic rings. The lowest BCUT2D eigenvalue weighted by Gasteiger charge is -2.28. The van der Waals surface area contributed by atoms with E-state index in [-0.39, 0.29) is 10.8 Å². The number of benzene rings is 1. The normalized spacial score (nSPS) is 13.7. The van der Waals surface area contributed by atoms with Crippen LogP contribution in [0.4, 0.5) is 0 Å². The second kappa shape index (κ2) is 4.87. The summed E-state index contributed by atoms with van der Waals surface area (Å²) in [6.45, 7) is 14.1. The molecule has 0 bridgehead atoms. The van der Waals surface area contributed by atoms with Crippen molar-refractivity contribution in [1.29, 1.82) is 0 Å². The van der Waals surface area contributed by atoms with Crippen molar-refractivity contribution < 1.29 is 10.3 Å². The van der Waals surface area contributed by atoms with Gasteiger partial charge in [0.15, 0.2) is 0 Å². The molecule has 0 aliphatic heterocycles. The van der Waals surface area contributed by atoms with E-state index in [9.17, 15) is 5.11 Å². The largest absolute Gasteiger partial charge is 0.507 e. The molecule has 0 radical (unpaired) electrons. The van der Waals surface area contributed by atoms with Crippen molar-refractivity contribution in [2.45, 2.75) is 59.3 Å². The van der Waals surface area contributed by atoms with E-state index < -0.39 is 0 Å². The lowest BCUT2D eigenvalue weighted by molar-refractivity contribution is 0.319. The average Bonchev–Trinajstić information content (AvgIpc) is 2.25. The van der Waals surface area contributed by atoms with Crippen molar-refractivity contribution in [2.75, 3.05) is 0 Å². The van der Waals surface area contributed by atoms with E-state index in [0.29, 0.717) is 11.5 Å². The first-order valence-corrected chi connectivity index (χ1v) is 6.55. The Morgan fingerprint density at radius 3 is 1.58 bits per heavy atom. The zero-order valence-electron chi connectivity index (χ0n) is 13.0. The number of nitrogens with zero attached hydrogens (tertiary/aromatic N) is 1. The van der Waals surface area contributed by atoms with Crippen molar-refractivity contribution in [3.05, 3.63) is 28.8 Å². The first-order chi connectivity index (χ1) is 8.48. The summed E-state index contributed by atoms with van der Waals surface area (Å²) in [5.41, 5.74) is 2.80. The van der Waals surface area contributed by atoms with Gasteiger partial charge in [0.25, 0.3) is 0 Å². The Morgan fingerprint density at radius 1 is 0.947 bits per heavy atom. The van der Waals surface area contributed by atoms with Crippen LogP contribution in [0.5, 0.6) is 5.75 Å². The monoisotopic (exact) mass is 263 g/mol. The lowest BCUT2D eigenvalue weighted by atomic mass is 9.78. The summed E-state index contributed by atoms with van der Waals surface area (Å²) < 4.78 is 0. The van der Waals surface area contributed by atoms with Gasteiger partial charge in [-0.2, -0.15) is 0 Å².